The molecule has 2 nitrogen and oxygen atoms in total. The fourth-order valence-electron chi connectivity index (χ4n) is 2.37. The number of hydrogen-bond donors (Lipinski definition) is 1. The van der Waals surface area contributed by atoms with E-state index in [9.17, 15) is 0 Å². The second kappa shape index (κ2) is 4.43. The van der Waals surface area contributed by atoms with Crippen LogP contribution in [0.5, 0.6) is 0 Å². The number of hydrogen-bond acceptors (Lipinski definition) is 2. The van der Waals surface area contributed by atoms with Gasteiger partial charge in [0.1, 0.15) is 0 Å². The van der Waals surface area contributed by atoms with Crippen LogP contribution in [0.1, 0.15) is 40.0 Å². The molecule has 0 aromatic rings. The third kappa shape index (κ3) is 2.44. The third-order valence-corrected chi connectivity index (χ3v) is 3.13. The first-order chi connectivity index (χ1) is 6.11. The van der Waals surface area contributed by atoms with Gasteiger partial charge in [0.2, 0.25) is 0 Å². The van der Waals surface area contributed by atoms with Crippen molar-refractivity contribution in [3.05, 3.63) is 0 Å². The highest BCUT2D eigenvalue weighted by atomic mass is 16.5. The van der Waals surface area contributed by atoms with Gasteiger partial charge in [0.05, 0.1) is 6.10 Å². The first kappa shape index (κ1) is 11.0. The molecule has 78 valence electrons. The van der Waals surface area contributed by atoms with Gasteiger partial charge in [-0.25, -0.2) is 0 Å². The van der Waals surface area contributed by atoms with E-state index in [2.05, 4.69) is 26.1 Å². The normalized spacial score (nSPS) is 32.3. The number of nitrogens with one attached hydrogen (secondary N) is 1. The van der Waals surface area contributed by atoms with E-state index >= 15 is 0 Å². The van der Waals surface area contributed by atoms with Gasteiger partial charge in [-0.2, -0.15) is 0 Å². The van der Waals surface area contributed by atoms with Crippen molar-refractivity contribution in [2.45, 2.75) is 52.2 Å². The summed E-state index contributed by atoms with van der Waals surface area (Å²) in [6.45, 7) is 7.71. The summed E-state index contributed by atoms with van der Waals surface area (Å²) in [5.74, 6) is 0. The average molecular weight is 185 g/mol. The van der Waals surface area contributed by atoms with Crippen molar-refractivity contribution < 1.29 is 4.74 Å². The predicted octanol–water partition coefficient (Wildman–Crippen LogP) is 2.19. The van der Waals surface area contributed by atoms with Crippen LogP contribution in [-0.2, 0) is 4.74 Å². The minimum atomic E-state index is 0.396. The van der Waals surface area contributed by atoms with Crippen LogP contribution in [0, 0.1) is 5.41 Å². The minimum absolute atomic E-state index is 0.396. The van der Waals surface area contributed by atoms with E-state index in [1.54, 1.807) is 0 Å². The van der Waals surface area contributed by atoms with Gasteiger partial charge in [0.25, 0.3) is 0 Å². The van der Waals surface area contributed by atoms with Gasteiger partial charge in [-0.3, -0.25) is 0 Å². The molecule has 0 saturated heterocycles. The lowest BCUT2D eigenvalue weighted by Crippen LogP contribution is -2.43. The highest BCUT2D eigenvalue weighted by Gasteiger charge is 2.41. The Hall–Kier alpha value is -0.0800. The summed E-state index contributed by atoms with van der Waals surface area (Å²) in [6, 6.07) is 0.527. The van der Waals surface area contributed by atoms with Crippen molar-refractivity contribution in [3.8, 4) is 0 Å². The molecule has 0 bridgehead atoms. The van der Waals surface area contributed by atoms with E-state index in [4.69, 9.17) is 4.74 Å². The molecular formula is C11H23NO. The first-order valence-electron chi connectivity index (χ1n) is 5.40. The zero-order valence-electron chi connectivity index (χ0n) is 9.39. The number of rotatable bonds is 4. The summed E-state index contributed by atoms with van der Waals surface area (Å²) < 4.78 is 5.83. The molecule has 0 radical (unpaired) electrons. The van der Waals surface area contributed by atoms with E-state index in [0.717, 1.165) is 13.0 Å². The predicted molar refractivity (Wildman–Crippen MR) is 55.9 cm³/mol. The fourth-order valence-corrected chi connectivity index (χ4v) is 2.37. The molecule has 2 atom stereocenters. The van der Waals surface area contributed by atoms with Crippen molar-refractivity contribution in [2.75, 3.05) is 13.7 Å². The molecule has 0 spiro atoms. The summed E-state index contributed by atoms with van der Waals surface area (Å²) in [6.07, 6.45) is 4.03. The van der Waals surface area contributed by atoms with Gasteiger partial charge in [-0.15, -0.1) is 0 Å². The van der Waals surface area contributed by atoms with Crippen molar-refractivity contribution in [1.29, 1.82) is 0 Å². The Bertz CT molecular complexity index is 156. The number of likely N-dealkylation sites (N-methyl/N-ethyl adjacent to an activating group) is 1. The van der Waals surface area contributed by atoms with Crippen molar-refractivity contribution in [1.82, 2.24) is 5.32 Å². The van der Waals surface area contributed by atoms with Crippen LogP contribution in [-0.4, -0.2) is 25.8 Å². The van der Waals surface area contributed by atoms with Gasteiger partial charge in [0.15, 0.2) is 0 Å². The molecule has 1 N–H and O–H groups in total. The van der Waals surface area contributed by atoms with Crippen LogP contribution in [0.3, 0.4) is 0 Å². The molecule has 1 rings (SSSR count). The zero-order chi connectivity index (χ0) is 9.90. The van der Waals surface area contributed by atoms with Crippen LogP contribution >= 0.6 is 0 Å². The standard InChI is InChI=1S/C11H23NO/c1-5-8-13-9-6-7-11(2,3)10(9)12-4/h9-10,12H,5-8H2,1-4H3. The quantitative estimate of drug-likeness (QED) is 0.725. The summed E-state index contributed by atoms with van der Waals surface area (Å²) in [7, 11) is 2.04. The molecule has 13 heavy (non-hydrogen) atoms. The molecule has 0 aromatic carbocycles. The van der Waals surface area contributed by atoms with Gasteiger partial charge in [-0.05, 0) is 31.7 Å². The van der Waals surface area contributed by atoms with Crippen LogP contribution < -0.4 is 5.32 Å². The van der Waals surface area contributed by atoms with Gasteiger partial charge in [0, 0.05) is 12.6 Å². The molecule has 1 aliphatic rings. The summed E-state index contributed by atoms with van der Waals surface area (Å²) in [5.41, 5.74) is 0.396. The van der Waals surface area contributed by atoms with E-state index in [1.807, 2.05) is 7.05 Å². The Labute approximate surface area is 82.0 Å². The summed E-state index contributed by atoms with van der Waals surface area (Å²) in [5, 5.41) is 3.39. The monoisotopic (exact) mass is 185 g/mol. The highest BCUT2D eigenvalue weighted by Crippen LogP contribution is 2.38. The molecule has 0 amide bonds. The van der Waals surface area contributed by atoms with Crippen molar-refractivity contribution in [3.63, 3.8) is 0 Å². The number of ether oxygens (including phenoxy) is 1. The second-order valence-corrected chi connectivity index (χ2v) is 4.70. The molecular weight excluding hydrogens is 162 g/mol. The molecule has 2 unspecified atom stereocenters. The molecule has 0 heterocycles. The van der Waals surface area contributed by atoms with E-state index < -0.39 is 0 Å². The highest BCUT2D eigenvalue weighted by molar-refractivity contribution is 4.96. The molecule has 1 fully saturated rings. The lowest BCUT2D eigenvalue weighted by Gasteiger charge is -2.30. The molecule has 0 aliphatic heterocycles. The average Bonchev–Trinajstić information content (AvgIpc) is 2.37. The van der Waals surface area contributed by atoms with E-state index in [0.29, 0.717) is 17.6 Å². The van der Waals surface area contributed by atoms with Gasteiger partial charge in [-0.1, -0.05) is 20.8 Å². The van der Waals surface area contributed by atoms with Crippen molar-refractivity contribution in [2.24, 2.45) is 5.41 Å². The summed E-state index contributed by atoms with van der Waals surface area (Å²) in [4.78, 5) is 0. The topological polar surface area (TPSA) is 21.3 Å². The Kier molecular flexibility index (Phi) is 3.74. The Balaban J connectivity index is 2.48. The lowest BCUT2D eigenvalue weighted by molar-refractivity contribution is 0.0293. The Morgan fingerprint density at radius 1 is 1.46 bits per heavy atom. The minimum Gasteiger partial charge on any atom is -0.377 e. The van der Waals surface area contributed by atoms with Crippen LogP contribution in [0.2, 0.25) is 0 Å². The van der Waals surface area contributed by atoms with Crippen LogP contribution in [0.15, 0.2) is 0 Å². The Morgan fingerprint density at radius 3 is 2.69 bits per heavy atom. The largest absolute Gasteiger partial charge is 0.377 e. The SMILES string of the molecule is CCCOC1CCC(C)(C)C1NC. The molecule has 0 aromatic heterocycles. The maximum absolute atomic E-state index is 5.83. The fraction of sp³-hybridized carbons (Fsp3) is 1.00. The molecule has 2 heteroatoms. The molecule has 1 aliphatic carbocycles. The first-order valence-corrected chi connectivity index (χ1v) is 5.40. The second-order valence-electron chi connectivity index (χ2n) is 4.70. The van der Waals surface area contributed by atoms with E-state index in [1.165, 1.54) is 12.8 Å². The summed E-state index contributed by atoms with van der Waals surface area (Å²) >= 11 is 0. The van der Waals surface area contributed by atoms with Crippen LogP contribution in [0.25, 0.3) is 0 Å². The smallest absolute Gasteiger partial charge is 0.0733 e. The maximum Gasteiger partial charge on any atom is 0.0733 e. The van der Waals surface area contributed by atoms with Crippen molar-refractivity contribution >= 4 is 0 Å². The van der Waals surface area contributed by atoms with Gasteiger partial charge >= 0.3 is 0 Å². The Morgan fingerprint density at radius 2 is 2.15 bits per heavy atom. The third-order valence-electron chi connectivity index (χ3n) is 3.13. The maximum atomic E-state index is 5.83. The lowest BCUT2D eigenvalue weighted by atomic mass is 9.87. The van der Waals surface area contributed by atoms with Gasteiger partial charge < -0.3 is 10.1 Å². The van der Waals surface area contributed by atoms with Crippen LogP contribution in [0.4, 0.5) is 0 Å². The molecule has 1 saturated carbocycles. The van der Waals surface area contributed by atoms with E-state index in [-0.39, 0.29) is 0 Å². The zero-order valence-corrected chi connectivity index (χ0v) is 9.39.